The predicted octanol–water partition coefficient (Wildman–Crippen LogP) is -1.51. The summed E-state index contributed by atoms with van der Waals surface area (Å²) in [5.74, 6) is -0.876. The third-order valence-corrected chi connectivity index (χ3v) is 2.64. The van der Waals surface area contributed by atoms with Gasteiger partial charge in [-0.2, -0.15) is 0 Å². The van der Waals surface area contributed by atoms with Crippen LogP contribution in [0.1, 0.15) is 13.3 Å². The average molecular weight is 257 g/mol. The van der Waals surface area contributed by atoms with Crippen LogP contribution in [0.5, 0.6) is 0 Å². The van der Waals surface area contributed by atoms with Crippen molar-refractivity contribution < 1.29 is 19.1 Å². The summed E-state index contributed by atoms with van der Waals surface area (Å²) in [5.41, 5.74) is 0. The molecule has 0 saturated carbocycles. The van der Waals surface area contributed by atoms with E-state index in [0.717, 1.165) is 6.42 Å². The number of ether oxygens (including phenoxy) is 1. The van der Waals surface area contributed by atoms with E-state index in [0.29, 0.717) is 13.1 Å². The van der Waals surface area contributed by atoms with Crippen molar-refractivity contribution in [2.45, 2.75) is 19.4 Å². The summed E-state index contributed by atoms with van der Waals surface area (Å²) in [6, 6.07) is -0.738. The fourth-order valence-electron chi connectivity index (χ4n) is 1.85. The first kappa shape index (κ1) is 14.4. The molecule has 1 saturated heterocycles. The fraction of sp³-hybridized carbons (Fsp3) is 0.727. The minimum absolute atomic E-state index is 0.0704. The van der Waals surface area contributed by atoms with E-state index in [1.165, 1.54) is 14.0 Å². The van der Waals surface area contributed by atoms with Crippen LogP contribution in [0.25, 0.3) is 0 Å². The summed E-state index contributed by atoms with van der Waals surface area (Å²) < 4.78 is 4.63. The van der Waals surface area contributed by atoms with Crippen molar-refractivity contribution in [2.24, 2.45) is 0 Å². The SMILES string of the molecule is COC(=O)C(CN1CCCNC(=O)C1)NC(C)=O. The highest BCUT2D eigenvalue weighted by molar-refractivity contribution is 5.83. The van der Waals surface area contributed by atoms with Gasteiger partial charge in [0.1, 0.15) is 6.04 Å². The highest BCUT2D eigenvalue weighted by atomic mass is 16.5. The van der Waals surface area contributed by atoms with Crippen LogP contribution in [-0.4, -0.2) is 62.0 Å². The van der Waals surface area contributed by atoms with Crippen molar-refractivity contribution in [2.75, 3.05) is 33.3 Å². The van der Waals surface area contributed by atoms with Crippen LogP contribution < -0.4 is 10.6 Å². The maximum atomic E-state index is 11.5. The monoisotopic (exact) mass is 257 g/mol. The van der Waals surface area contributed by atoms with Crippen LogP contribution in [0.3, 0.4) is 0 Å². The molecule has 0 aromatic rings. The van der Waals surface area contributed by atoms with Gasteiger partial charge in [0.25, 0.3) is 0 Å². The van der Waals surface area contributed by atoms with E-state index in [-0.39, 0.29) is 24.9 Å². The standard InChI is InChI=1S/C11H19N3O4/c1-8(15)13-9(11(17)18-2)6-14-5-3-4-12-10(16)7-14/h9H,3-7H2,1-2H3,(H,12,16)(H,13,15). The van der Waals surface area contributed by atoms with E-state index in [9.17, 15) is 14.4 Å². The van der Waals surface area contributed by atoms with Crippen LogP contribution in [-0.2, 0) is 19.1 Å². The second-order valence-electron chi connectivity index (χ2n) is 4.21. The number of rotatable bonds is 4. The molecule has 0 bridgehead atoms. The topological polar surface area (TPSA) is 87.7 Å². The Morgan fingerprint density at radius 2 is 2.28 bits per heavy atom. The van der Waals surface area contributed by atoms with Crippen LogP contribution in [0, 0.1) is 0 Å². The number of esters is 1. The molecular formula is C11H19N3O4. The van der Waals surface area contributed by atoms with Crippen molar-refractivity contribution in [3.8, 4) is 0 Å². The first-order chi connectivity index (χ1) is 8.52. The van der Waals surface area contributed by atoms with Gasteiger partial charge in [-0.25, -0.2) is 4.79 Å². The molecular weight excluding hydrogens is 238 g/mol. The van der Waals surface area contributed by atoms with Crippen molar-refractivity contribution in [1.29, 1.82) is 0 Å². The number of hydrogen-bond donors (Lipinski definition) is 2. The van der Waals surface area contributed by atoms with Gasteiger partial charge >= 0.3 is 5.97 Å². The quantitative estimate of drug-likeness (QED) is 0.598. The Balaban J connectivity index is 2.60. The molecule has 7 nitrogen and oxygen atoms in total. The molecule has 0 radical (unpaired) electrons. The van der Waals surface area contributed by atoms with Gasteiger partial charge in [-0.1, -0.05) is 0 Å². The number of amides is 2. The van der Waals surface area contributed by atoms with Gasteiger partial charge < -0.3 is 15.4 Å². The highest BCUT2D eigenvalue weighted by Gasteiger charge is 2.25. The van der Waals surface area contributed by atoms with Gasteiger partial charge in [0.15, 0.2) is 0 Å². The Bertz CT molecular complexity index is 332. The average Bonchev–Trinajstić information content (AvgIpc) is 2.51. The zero-order chi connectivity index (χ0) is 13.5. The van der Waals surface area contributed by atoms with E-state index in [2.05, 4.69) is 15.4 Å². The Hall–Kier alpha value is -1.63. The van der Waals surface area contributed by atoms with Crippen LogP contribution in [0.4, 0.5) is 0 Å². The second-order valence-corrected chi connectivity index (χ2v) is 4.21. The maximum absolute atomic E-state index is 11.5. The Labute approximate surface area is 106 Å². The fourth-order valence-corrected chi connectivity index (χ4v) is 1.85. The number of nitrogens with zero attached hydrogens (tertiary/aromatic N) is 1. The van der Waals surface area contributed by atoms with Gasteiger partial charge in [-0.15, -0.1) is 0 Å². The molecule has 1 unspecified atom stereocenters. The highest BCUT2D eigenvalue weighted by Crippen LogP contribution is 2.00. The lowest BCUT2D eigenvalue weighted by molar-refractivity contribution is -0.145. The molecule has 0 aromatic carbocycles. The minimum Gasteiger partial charge on any atom is -0.467 e. The van der Waals surface area contributed by atoms with E-state index in [1.54, 1.807) is 0 Å². The molecule has 1 aliphatic heterocycles. The van der Waals surface area contributed by atoms with Gasteiger partial charge in [0.2, 0.25) is 11.8 Å². The van der Waals surface area contributed by atoms with E-state index in [1.807, 2.05) is 4.90 Å². The molecule has 1 rings (SSSR count). The number of hydrogen-bond acceptors (Lipinski definition) is 5. The Morgan fingerprint density at radius 3 is 2.89 bits per heavy atom. The van der Waals surface area contributed by atoms with E-state index >= 15 is 0 Å². The summed E-state index contributed by atoms with van der Waals surface area (Å²) in [4.78, 5) is 35.8. The molecule has 0 aromatic heterocycles. The van der Waals surface area contributed by atoms with Gasteiger partial charge in [0, 0.05) is 26.6 Å². The van der Waals surface area contributed by atoms with E-state index in [4.69, 9.17) is 0 Å². The van der Waals surface area contributed by atoms with Crippen LogP contribution in [0.2, 0.25) is 0 Å². The molecule has 1 atom stereocenters. The van der Waals surface area contributed by atoms with Crippen molar-refractivity contribution >= 4 is 17.8 Å². The summed E-state index contributed by atoms with van der Waals surface area (Å²) in [6.07, 6.45) is 0.819. The molecule has 0 aliphatic carbocycles. The lowest BCUT2D eigenvalue weighted by Gasteiger charge is -2.24. The lowest BCUT2D eigenvalue weighted by Crippen LogP contribution is -2.49. The first-order valence-electron chi connectivity index (χ1n) is 5.87. The normalized spacial score (nSPS) is 18.4. The molecule has 1 aliphatic rings. The van der Waals surface area contributed by atoms with Crippen molar-refractivity contribution in [3.05, 3.63) is 0 Å². The van der Waals surface area contributed by atoms with Gasteiger partial charge in [0.05, 0.1) is 13.7 Å². The Kier molecular flexibility index (Phi) is 5.57. The molecule has 2 amide bonds. The molecule has 2 N–H and O–H groups in total. The van der Waals surface area contributed by atoms with Gasteiger partial charge in [-0.05, 0) is 6.42 Å². The maximum Gasteiger partial charge on any atom is 0.329 e. The number of carbonyl (C=O) groups excluding carboxylic acids is 3. The smallest absolute Gasteiger partial charge is 0.329 e. The molecule has 0 spiro atoms. The van der Waals surface area contributed by atoms with Crippen LogP contribution in [0.15, 0.2) is 0 Å². The van der Waals surface area contributed by atoms with Gasteiger partial charge in [-0.3, -0.25) is 14.5 Å². The lowest BCUT2D eigenvalue weighted by atomic mass is 10.2. The molecule has 102 valence electrons. The predicted molar refractivity (Wildman–Crippen MR) is 63.7 cm³/mol. The van der Waals surface area contributed by atoms with Crippen LogP contribution >= 0.6 is 0 Å². The van der Waals surface area contributed by atoms with Crippen molar-refractivity contribution in [1.82, 2.24) is 15.5 Å². The molecule has 1 heterocycles. The Morgan fingerprint density at radius 1 is 1.56 bits per heavy atom. The summed E-state index contributed by atoms with van der Waals surface area (Å²) >= 11 is 0. The zero-order valence-electron chi connectivity index (χ0n) is 10.7. The second kappa shape index (κ2) is 6.95. The third kappa shape index (κ3) is 4.70. The molecule has 7 heteroatoms. The third-order valence-electron chi connectivity index (χ3n) is 2.64. The largest absolute Gasteiger partial charge is 0.467 e. The summed E-state index contributed by atoms with van der Waals surface area (Å²) in [5, 5.41) is 5.27. The van der Waals surface area contributed by atoms with Crippen molar-refractivity contribution in [3.63, 3.8) is 0 Å². The number of methoxy groups -OCH3 is 1. The first-order valence-corrected chi connectivity index (χ1v) is 5.87. The summed E-state index contributed by atoms with van der Waals surface area (Å²) in [6.45, 7) is 3.18. The molecule has 1 fully saturated rings. The number of carbonyl (C=O) groups is 3. The van der Waals surface area contributed by atoms with E-state index < -0.39 is 12.0 Å². The zero-order valence-corrected chi connectivity index (χ0v) is 10.7. The minimum atomic E-state index is -0.738. The molecule has 18 heavy (non-hydrogen) atoms. The number of nitrogens with one attached hydrogen (secondary N) is 2. The summed E-state index contributed by atoms with van der Waals surface area (Å²) in [7, 11) is 1.27.